The number of methoxy groups -OCH3 is 1. The summed E-state index contributed by atoms with van der Waals surface area (Å²) in [5.74, 6) is 1.38. The van der Waals surface area contributed by atoms with E-state index < -0.39 is 0 Å². The van der Waals surface area contributed by atoms with Crippen molar-refractivity contribution in [1.82, 2.24) is 4.98 Å². The molecule has 0 atom stereocenters. The number of aromatic nitrogens is 1. The Balaban J connectivity index is 2.12. The summed E-state index contributed by atoms with van der Waals surface area (Å²) in [7, 11) is 1.65. The summed E-state index contributed by atoms with van der Waals surface area (Å²) in [4.78, 5) is 4.16. The molecule has 0 amide bonds. The highest BCUT2D eigenvalue weighted by atomic mass is 16.5. The van der Waals surface area contributed by atoms with Gasteiger partial charge in [0.25, 0.3) is 0 Å². The van der Waals surface area contributed by atoms with Gasteiger partial charge in [0, 0.05) is 16.8 Å². The number of anilines is 1. The summed E-state index contributed by atoms with van der Waals surface area (Å²) in [6, 6.07) is 13.5. The van der Waals surface area contributed by atoms with E-state index in [-0.39, 0.29) is 0 Å². The number of ether oxygens (including phenoxy) is 1. The van der Waals surface area contributed by atoms with Crippen LogP contribution in [0.2, 0.25) is 0 Å². The first-order valence-corrected chi connectivity index (χ1v) is 6.22. The van der Waals surface area contributed by atoms with Crippen LogP contribution in [0.5, 0.6) is 5.75 Å². The molecule has 3 aromatic rings. The number of hydrogen-bond donors (Lipinski definition) is 1. The summed E-state index contributed by atoms with van der Waals surface area (Å²) in [6.45, 7) is 0. The van der Waals surface area contributed by atoms with Gasteiger partial charge in [0.2, 0.25) is 5.89 Å². The van der Waals surface area contributed by atoms with Gasteiger partial charge in [0.15, 0.2) is 0 Å². The van der Waals surface area contributed by atoms with E-state index in [1.54, 1.807) is 19.6 Å². The molecule has 0 radical (unpaired) electrons. The van der Waals surface area contributed by atoms with Crippen molar-refractivity contribution in [3.8, 4) is 28.3 Å². The third-order valence-corrected chi connectivity index (χ3v) is 3.10. The van der Waals surface area contributed by atoms with Crippen LogP contribution < -0.4 is 10.5 Å². The normalized spacial score (nSPS) is 10.4. The Bertz CT molecular complexity index is 704. The van der Waals surface area contributed by atoms with E-state index in [4.69, 9.17) is 14.9 Å². The number of nitrogens with zero attached hydrogens (tertiary/aromatic N) is 1. The van der Waals surface area contributed by atoms with Gasteiger partial charge < -0.3 is 14.9 Å². The molecule has 0 saturated carbocycles. The van der Waals surface area contributed by atoms with Crippen LogP contribution in [0.15, 0.2) is 59.3 Å². The van der Waals surface area contributed by atoms with Gasteiger partial charge in [-0.1, -0.05) is 12.1 Å². The van der Waals surface area contributed by atoms with Gasteiger partial charge in [-0.3, -0.25) is 0 Å². The molecule has 2 N–H and O–H groups in total. The molecule has 0 aliphatic rings. The maximum atomic E-state index is 5.73. The zero-order chi connectivity index (χ0) is 13.9. The van der Waals surface area contributed by atoms with Gasteiger partial charge in [0.05, 0.1) is 13.3 Å². The lowest BCUT2D eigenvalue weighted by Gasteiger charge is -2.10. The number of nitrogen functional groups attached to an aromatic ring is 1. The number of hydrogen-bond acceptors (Lipinski definition) is 4. The second kappa shape index (κ2) is 5.09. The second-order valence-corrected chi connectivity index (χ2v) is 4.37. The SMILES string of the molecule is COc1ccc(-c2ncco2)cc1-c1ccc(N)cc1. The Morgan fingerprint density at radius 3 is 2.45 bits per heavy atom. The lowest BCUT2D eigenvalue weighted by molar-refractivity contribution is 0.416. The monoisotopic (exact) mass is 266 g/mol. The molecule has 2 aromatic carbocycles. The van der Waals surface area contributed by atoms with E-state index in [1.165, 1.54) is 0 Å². The van der Waals surface area contributed by atoms with Gasteiger partial charge >= 0.3 is 0 Å². The second-order valence-electron chi connectivity index (χ2n) is 4.37. The Morgan fingerprint density at radius 1 is 1.05 bits per heavy atom. The molecule has 0 saturated heterocycles. The maximum absolute atomic E-state index is 5.73. The highest BCUT2D eigenvalue weighted by Crippen LogP contribution is 2.34. The van der Waals surface area contributed by atoms with E-state index in [2.05, 4.69) is 4.98 Å². The van der Waals surface area contributed by atoms with E-state index in [1.807, 2.05) is 42.5 Å². The largest absolute Gasteiger partial charge is 0.496 e. The molecule has 4 heteroatoms. The molecular formula is C16H14N2O2. The van der Waals surface area contributed by atoms with Crippen molar-refractivity contribution in [2.75, 3.05) is 12.8 Å². The minimum atomic E-state index is 0.587. The van der Waals surface area contributed by atoms with Crippen molar-refractivity contribution in [3.63, 3.8) is 0 Å². The van der Waals surface area contributed by atoms with Gasteiger partial charge in [0.1, 0.15) is 12.0 Å². The molecule has 20 heavy (non-hydrogen) atoms. The van der Waals surface area contributed by atoms with E-state index in [0.717, 1.165) is 28.1 Å². The van der Waals surface area contributed by atoms with Crippen molar-refractivity contribution in [2.24, 2.45) is 0 Å². The Kier molecular flexibility index (Phi) is 3.13. The van der Waals surface area contributed by atoms with E-state index >= 15 is 0 Å². The van der Waals surface area contributed by atoms with Crippen LogP contribution in [0.4, 0.5) is 5.69 Å². The number of oxazole rings is 1. The smallest absolute Gasteiger partial charge is 0.225 e. The average molecular weight is 266 g/mol. The Morgan fingerprint density at radius 2 is 1.80 bits per heavy atom. The molecule has 0 unspecified atom stereocenters. The number of rotatable bonds is 3. The summed E-state index contributed by atoms with van der Waals surface area (Å²) < 4.78 is 10.8. The summed E-state index contributed by atoms with van der Waals surface area (Å²) in [5.41, 5.74) is 9.37. The highest BCUT2D eigenvalue weighted by molar-refractivity contribution is 5.76. The van der Waals surface area contributed by atoms with Crippen LogP contribution in [0.3, 0.4) is 0 Å². The lowest BCUT2D eigenvalue weighted by Crippen LogP contribution is -1.90. The van der Waals surface area contributed by atoms with Crippen LogP contribution in [0.25, 0.3) is 22.6 Å². The molecule has 0 bridgehead atoms. The topological polar surface area (TPSA) is 61.3 Å². The minimum Gasteiger partial charge on any atom is -0.496 e. The predicted molar refractivity (Wildman–Crippen MR) is 78.3 cm³/mol. The van der Waals surface area contributed by atoms with Crippen molar-refractivity contribution >= 4 is 5.69 Å². The summed E-state index contributed by atoms with van der Waals surface area (Å²) >= 11 is 0. The first-order chi connectivity index (χ1) is 9.78. The first-order valence-electron chi connectivity index (χ1n) is 6.22. The van der Waals surface area contributed by atoms with Gasteiger partial charge in [-0.2, -0.15) is 0 Å². The van der Waals surface area contributed by atoms with Crippen molar-refractivity contribution in [1.29, 1.82) is 0 Å². The van der Waals surface area contributed by atoms with E-state index in [9.17, 15) is 0 Å². The van der Waals surface area contributed by atoms with Crippen molar-refractivity contribution < 1.29 is 9.15 Å². The van der Waals surface area contributed by atoms with Crippen molar-refractivity contribution in [2.45, 2.75) is 0 Å². The molecule has 0 aliphatic carbocycles. The summed E-state index contributed by atoms with van der Waals surface area (Å²) in [6.07, 6.45) is 3.19. The maximum Gasteiger partial charge on any atom is 0.225 e. The lowest BCUT2D eigenvalue weighted by atomic mass is 10.0. The van der Waals surface area contributed by atoms with Crippen LogP contribution in [0, 0.1) is 0 Å². The molecule has 0 aliphatic heterocycles. The zero-order valence-electron chi connectivity index (χ0n) is 11.0. The zero-order valence-corrected chi connectivity index (χ0v) is 11.0. The fourth-order valence-electron chi connectivity index (χ4n) is 2.10. The van der Waals surface area contributed by atoms with Crippen LogP contribution >= 0.6 is 0 Å². The third-order valence-electron chi connectivity index (χ3n) is 3.10. The molecule has 3 rings (SSSR count). The van der Waals surface area contributed by atoms with Crippen molar-refractivity contribution in [3.05, 3.63) is 54.9 Å². The molecular weight excluding hydrogens is 252 g/mol. The predicted octanol–water partition coefficient (Wildman–Crippen LogP) is 3.60. The fourth-order valence-corrected chi connectivity index (χ4v) is 2.10. The van der Waals surface area contributed by atoms with E-state index in [0.29, 0.717) is 5.89 Å². The standard InChI is InChI=1S/C16H14N2O2/c1-19-15-7-4-12(16-18-8-9-20-16)10-14(15)11-2-5-13(17)6-3-11/h2-10H,17H2,1H3. The first kappa shape index (κ1) is 12.3. The highest BCUT2D eigenvalue weighted by Gasteiger charge is 2.10. The Hall–Kier alpha value is -2.75. The average Bonchev–Trinajstić information content (AvgIpc) is 3.02. The number of benzene rings is 2. The Labute approximate surface area is 116 Å². The third kappa shape index (κ3) is 2.23. The van der Waals surface area contributed by atoms with Gasteiger partial charge in [-0.05, 0) is 35.9 Å². The fraction of sp³-hybridized carbons (Fsp3) is 0.0625. The molecule has 1 aromatic heterocycles. The molecule has 0 spiro atoms. The van der Waals surface area contributed by atoms with Crippen LogP contribution in [-0.2, 0) is 0 Å². The quantitative estimate of drug-likeness (QED) is 0.736. The van der Waals surface area contributed by atoms with Crippen LogP contribution in [0.1, 0.15) is 0 Å². The molecule has 1 heterocycles. The van der Waals surface area contributed by atoms with Gasteiger partial charge in [-0.25, -0.2) is 4.98 Å². The van der Waals surface area contributed by atoms with Gasteiger partial charge in [-0.15, -0.1) is 0 Å². The molecule has 100 valence electrons. The minimum absolute atomic E-state index is 0.587. The van der Waals surface area contributed by atoms with Crippen LogP contribution in [-0.4, -0.2) is 12.1 Å². The summed E-state index contributed by atoms with van der Waals surface area (Å²) in [5, 5.41) is 0. The molecule has 4 nitrogen and oxygen atoms in total. The molecule has 0 fully saturated rings. The number of nitrogens with two attached hydrogens (primary N) is 1.